The van der Waals surface area contributed by atoms with Gasteiger partial charge in [-0.1, -0.05) is 12.1 Å². The highest BCUT2D eigenvalue weighted by Crippen LogP contribution is 2.20. The van der Waals surface area contributed by atoms with Gasteiger partial charge in [-0.3, -0.25) is 0 Å². The summed E-state index contributed by atoms with van der Waals surface area (Å²) in [5, 5.41) is 0. The highest BCUT2D eigenvalue weighted by atomic mass is 15.3. The quantitative estimate of drug-likeness (QED) is 0.813. The van der Waals surface area contributed by atoms with Crippen molar-refractivity contribution in [2.75, 3.05) is 31.6 Å². The van der Waals surface area contributed by atoms with Gasteiger partial charge in [-0.25, -0.2) is 0 Å². The molecule has 1 aromatic carbocycles. The number of hydrogen-bond acceptors (Lipinski definition) is 3. The number of piperazine rings is 1. The summed E-state index contributed by atoms with van der Waals surface area (Å²) in [6, 6.07) is 9.21. The van der Waals surface area contributed by atoms with Crippen LogP contribution < -0.4 is 10.6 Å². The SMILES string of the molecule is CC1CN(C)CCN1c1ccc(CN)cc1. The number of benzene rings is 1. The van der Waals surface area contributed by atoms with Crippen LogP contribution in [0.25, 0.3) is 0 Å². The summed E-state index contributed by atoms with van der Waals surface area (Å²) in [6.07, 6.45) is 0. The van der Waals surface area contributed by atoms with E-state index in [1.54, 1.807) is 0 Å². The van der Waals surface area contributed by atoms with Crippen molar-refractivity contribution < 1.29 is 0 Å². The topological polar surface area (TPSA) is 32.5 Å². The van der Waals surface area contributed by atoms with Crippen molar-refractivity contribution in [1.29, 1.82) is 0 Å². The maximum atomic E-state index is 5.60. The molecule has 3 heteroatoms. The van der Waals surface area contributed by atoms with Gasteiger partial charge in [-0.05, 0) is 31.7 Å². The number of likely N-dealkylation sites (N-methyl/N-ethyl adjacent to an activating group) is 1. The second-order valence-electron chi connectivity index (χ2n) is 4.68. The van der Waals surface area contributed by atoms with Gasteiger partial charge in [0.2, 0.25) is 0 Å². The van der Waals surface area contributed by atoms with E-state index in [2.05, 4.69) is 48.0 Å². The molecule has 0 aromatic heterocycles. The lowest BCUT2D eigenvalue weighted by Crippen LogP contribution is -2.50. The molecule has 16 heavy (non-hydrogen) atoms. The molecular weight excluding hydrogens is 198 g/mol. The molecule has 1 aliphatic rings. The predicted molar refractivity (Wildman–Crippen MR) is 68.6 cm³/mol. The summed E-state index contributed by atoms with van der Waals surface area (Å²) in [6.45, 7) is 6.30. The molecule has 0 saturated carbocycles. The summed E-state index contributed by atoms with van der Waals surface area (Å²) in [4.78, 5) is 4.86. The molecular formula is C13H21N3. The van der Waals surface area contributed by atoms with Crippen molar-refractivity contribution in [3.05, 3.63) is 29.8 Å². The van der Waals surface area contributed by atoms with E-state index in [0.29, 0.717) is 12.6 Å². The highest BCUT2D eigenvalue weighted by Gasteiger charge is 2.21. The zero-order valence-electron chi connectivity index (χ0n) is 10.2. The predicted octanol–water partition coefficient (Wildman–Crippen LogP) is 1.29. The molecule has 3 nitrogen and oxygen atoms in total. The van der Waals surface area contributed by atoms with Crippen LogP contribution in [0.15, 0.2) is 24.3 Å². The van der Waals surface area contributed by atoms with E-state index in [1.807, 2.05) is 0 Å². The van der Waals surface area contributed by atoms with Crippen LogP contribution in [-0.4, -0.2) is 37.6 Å². The van der Waals surface area contributed by atoms with E-state index in [1.165, 1.54) is 11.3 Å². The lowest BCUT2D eigenvalue weighted by Gasteiger charge is -2.39. The van der Waals surface area contributed by atoms with Gasteiger partial charge in [0.1, 0.15) is 0 Å². The Morgan fingerprint density at radius 1 is 1.25 bits per heavy atom. The van der Waals surface area contributed by atoms with Gasteiger partial charge in [-0.15, -0.1) is 0 Å². The first-order valence-electron chi connectivity index (χ1n) is 5.95. The molecule has 1 fully saturated rings. The summed E-state index contributed by atoms with van der Waals surface area (Å²) < 4.78 is 0. The molecule has 1 atom stereocenters. The van der Waals surface area contributed by atoms with Crippen molar-refractivity contribution in [3.8, 4) is 0 Å². The molecule has 2 N–H and O–H groups in total. The van der Waals surface area contributed by atoms with Gasteiger partial charge in [0.25, 0.3) is 0 Å². The largest absolute Gasteiger partial charge is 0.366 e. The van der Waals surface area contributed by atoms with Crippen molar-refractivity contribution in [1.82, 2.24) is 4.90 Å². The molecule has 2 rings (SSSR count). The molecule has 1 heterocycles. The molecule has 88 valence electrons. The van der Waals surface area contributed by atoms with Crippen LogP contribution in [0.5, 0.6) is 0 Å². The third-order valence-corrected chi connectivity index (χ3v) is 3.33. The molecule has 1 saturated heterocycles. The third-order valence-electron chi connectivity index (χ3n) is 3.33. The lowest BCUT2D eigenvalue weighted by atomic mass is 10.1. The second-order valence-corrected chi connectivity index (χ2v) is 4.68. The molecule has 0 amide bonds. The Kier molecular flexibility index (Phi) is 3.46. The van der Waals surface area contributed by atoms with E-state index in [9.17, 15) is 0 Å². The van der Waals surface area contributed by atoms with E-state index in [0.717, 1.165) is 19.6 Å². The maximum Gasteiger partial charge on any atom is 0.0389 e. The van der Waals surface area contributed by atoms with Crippen LogP contribution in [0.4, 0.5) is 5.69 Å². The second kappa shape index (κ2) is 4.85. The smallest absolute Gasteiger partial charge is 0.0389 e. The average Bonchev–Trinajstić information content (AvgIpc) is 2.29. The lowest BCUT2D eigenvalue weighted by molar-refractivity contribution is 0.275. The molecule has 1 aliphatic heterocycles. The monoisotopic (exact) mass is 219 g/mol. The van der Waals surface area contributed by atoms with Gasteiger partial charge in [-0.2, -0.15) is 0 Å². The number of nitrogens with zero attached hydrogens (tertiary/aromatic N) is 2. The Morgan fingerprint density at radius 2 is 1.94 bits per heavy atom. The van der Waals surface area contributed by atoms with Crippen LogP contribution in [0, 0.1) is 0 Å². The van der Waals surface area contributed by atoms with Gasteiger partial charge < -0.3 is 15.5 Å². The van der Waals surface area contributed by atoms with E-state index >= 15 is 0 Å². The summed E-state index contributed by atoms with van der Waals surface area (Å²) in [7, 11) is 2.19. The van der Waals surface area contributed by atoms with E-state index < -0.39 is 0 Å². The average molecular weight is 219 g/mol. The zero-order valence-corrected chi connectivity index (χ0v) is 10.2. The van der Waals surface area contributed by atoms with E-state index in [-0.39, 0.29) is 0 Å². The standard InChI is InChI=1S/C13H21N3/c1-11-10-15(2)7-8-16(11)13-5-3-12(9-14)4-6-13/h3-6,11H,7-10,14H2,1-2H3. The highest BCUT2D eigenvalue weighted by molar-refractivity contribution is 5.49. The fourth-order valence-electron chi connectivity index (χ4n) is 2.35. The molecule has 0 aliphatic carbocycles. The Labute approximate surface area is 97.8 Å². The van der Waals surface area contributed by atoms with Crippen molar-refractivity contribution in [2.24, 2.45) is 5.73 Å². The van der Waals surface area contributed by atoms with Gasteiger partial charge in [0, 0.05) is 37.9 Å². The fraction of sp³-hybridized carbons (Fsp3) is 0.538. The molecule has 1 unspecified atom stereocenters. The van der Waals surface area contributed by atoms with Crippen molar-refractivity contribution in [2.45, 2.75) is 19.5 Å². The molecule has 0 bridgehead atoms. The maximum absolute atomic E-state index is 5.60. The van der Waals surface area contributed by atoms with Crippen LogP contribution in [0.1, 0.15) is 12.5 Å². The number of anilines is 1. The van der Waals surface area contributed by atoms with Gasteiger partial charge >= 0.3 is 0 Å². The zero-order chi connectivity index (χ0) is 11.5. The normalized spacial score (nSPS) is 22.4. The van der Waals surface area contributed by atoms with Crippen molar-refractivity contribution >= 4 is 5.69 Å². The van der Waals surface area contributed by atoms with Crippen LogP contribution >= 0.6 is 0 Å². The molecule has 0 spiro atoms. The van der Waals surface area contributed by atoms with Crippen LogP contribution in [0.3, 0.4) is 0 Å². The number of hydrogen-bond donors (Lipinski definition) is 1. The minimum atomic E-state index is 0.586. The first kappa shape index (κ1) is 11.4. The van der Waals surface area contributed by atoms with Crippen molar-refractivity contribution in [3.63, 3.8) is 0 Å². The minimum absolute atomic E-state index is 0.586. The number of rotatable bonds is 2. The summed E-state index contributed by atoms with van der Waals surface area (Å²) in [5.74, 6) is 0. The third kappa shape index (κ3) is 2.36. The van der Waals surface area contributed by atoms with Gasteiger partial charge in [0.15, 0.2) is 0 Å². The molecule has 1 aromatic rings. The first-order chi connectivity index (χ1) is 7.70. The van der Waals surface area contributed by atoms with Crippen LogP contribution in [-0.2, 0) is 6.54 Å². The Hall–Kier alpha value is -1.06. The van der Waals surface area contributed by atoms with E-state index in [4.69, 9.17) is 5.73 Å². The van der Waals surface area contributed by atoms with Crippen LogP contribution in [0.2, 0.25) is 0 Å². The summed E-state index contributed by atoms with van der Waals surface area (Å²) in [5.41, 5.74) is 8.12. The first-order valence-corrected chi connectivity index (χ1v) is 5.95. The minimum Gasteiger partial charge on any atom is -0.366 e. The Bertz CT molecular complexity index is 334. The van der Waals surface area contributed by atoms with Gasteiger partial charge in [0.05, 0.1) is 0 Å². The summed E-state index contributed by atoms with van der Waals surface area (Å²) >= 11 is 0. The fourth-order valence-corrected chi connectivity index (χ4v) is 2.35. The Morgan fingerprint density at radius 3 is 2.50 bits per heavy atom. The number of nitrogens with two attached hydrogens (primary N) is 1. The molecule has 0 radical (unpaired) electrons. The Balaban J connectivity index is 2.11.